The molecule has 9 nitrogen and oxygen atoms in total. The third-order valence-corrected chi connectivity index (χ3v) is 6.75. The van der Waals surface area contributed by atoms with E-state index >= 15 is 0 Å². The van der Waals surface area contributed by atoms with Crippen LogP contribution in [-0.2, 0) is 24.8 Å². The zero-order chi connectivity index (χ0) is 18.5. The number of morpholine rings is 1. The average Bonchev–Trinajstić information content (AvgIpc) is 2.60. The summed E-state index contributed by atoms with van der Waals surface area (Å²) in [7, 11) is -7.35. The van der Waals surface area contributed by atoms with Crippen LogP contribution in [0.4, 0.5) is 0 Å². The van der Waals surface area contributed by atoms with Crippen LogP contribution in [0.1, 0.15) is 23.7 Å². The maximum Gasteiger partial charge on any atom is 0.266 e. The van der Waals surface area contributed by atoms with E-state index < -0.39 is 26.0 Å². The zero-order valence-electron chi connectivity index (χ0n) is 13.8. The number of carbonyl (C=O) groups excluding carboxylic acids is 1. The molecule has 1 aromatic carbocycles. The highest BCUT2D eigenvalue weighted by Crippen LogP contribution is 2.18. The third kappa shape index (κ3) is 5.22. The normalized spacial score (nSPS) is 16.5. The van der Waals surface area contributed by atoms with Crippen LogP contribution in [0.2, 0.25) is 0 Å². The number of sulfonamides is 2. The number of rotatable bonds is 7. The van der Waals surface area contributed by atoms with Crippen LogP contribution in [0.5, 0.6) is 0 Å². The molecule has 0 saturated carbocycles. The number of carbonyl (C=O) groups is 1. The van der Waals surface area contributed by atoms with Crippen LogP contribution in [-0.4, -0.2) is 59.1 Å². The predicted molar refractivity (Wildman–Crippen MR) is 90.7 cm³/mol. The van der Waals surface area contributed by atoms with Crippen molar-refractivity contribution in [1.29, 1.82) is 0 Å². The van der Waals surface area contributed by atoms with Crippen LogP contribution in [0, 0.1) is 0 Å². The van der Waals surface area contributed by atoms with Crippen molar-refractivity contribution in [2.24, 2.45) is 0 Å². The number of amides is 1. The zero-order valence-corrected chi connectivity index (χ0v) is 15.4. The number of ether oxygens (including phenoxy) is 1. The Kier molecular flexibility index (Phi) is 6.52. The summed E-state index contributed by atoms with van der Waals surface area (Å²) in [6.07, 6.45) is 0.401. The smallest absolute Gasteiger partial charge is 0.266 e. The number of nitrogens with one attached hydrogen (secondary N) is 2. The van der Waals surface area contributed by atoms with Gasteiger partial charge in [-0.3, -0.25) is 10.2 Å². The Balaban J connectivity index is 2.14. The SMILES string of the molecule is CCCS(=O)(=O)NNC(=O)c1cccc(S(=O)(=O)N2CCOCC2)c1. The van der Waals surface area contributed by atoms with E-state index in [-0.39, 0.29) is 29.3 Å². The summed E-state index contributed by atoms with van der Waals surface area (Å²) >= 11 is 0. The van der Waals surface area contributed by atoms with E-state index in [1.807, 2.05) is 4.83 Å². The number of hydrogen-bond donors (Lipinski definition) is 2. The van der Waals surface area contributed by atoms with Crippen molar-refractivity contribution in [3.05, 3.63) is 29.8 Å². The lowest BCUT2D eigenvalue weighted by atomic mass is 10.2. The minimum absolute atomic E-state index is 0.0292. The first-order valence-corrected chi connectivity index (χ1v) is 10.8. The van der Waals surface area contributed by atoms with E-state index in [4.69, 9.17) is 4.74 Å². The molecule has 0 bridgehead atoms. The molecule has 2 N–H and O–H groups in total. The maximum absolute atomic E-state index is 12.6. The van der Waals surface area contributed by atoms with Crippen molar-refractivity contribution >= 4 is 26.0 Å². The lowest BCUT2D eigenvalue weighted by molar-refractivity contribution is 0.0730. The van der Waals surface area contributed by atoms with Gasteiger partial charge in [0.15, 0.2) is 0 Å². The van der Waals surface area contributed by atoms with Crippen LogP contribution in [0.15, 0.2) is 29.2 Å². The Labute approximate surface area is 147 Å². The Bertz CT molecular complexity index is 817. The molecular formula is C14H21N3O6S2. The highest BCUT2D eigenvalue weighted by atomic mass is 32.2. The molecule has 140 valence electrons. The minimum atomic E-state index is -3.74. The molecule has 25 heavy (non-hydrogen) atoms. The number of nitrogens with zero attached hydrogens (tertiary/aromatic N) is 1. The summed E-state index contributed by atoms with van der Waals surface area (Å²) < 4.78 is 54.7. The fourth-order valence-electron chi connectivity index (χ4n) is 2.25. The Hall–Kier alpha value is -1.53. The molecule has 1 aromatic rings. The molecule has 11 heteroatoms. The van der Waals surface area contributed by atoms with Crippen molar-refractivity contribution in [3.8, 4) is 0 Å². The van der Waals surface area contributed by atoms with E-state index in [1.54, 1.807) is 6.92 Å². The molecular weight excluding hydrogens is 370 g/mol. The molecule has 1 saturated heterocycles. The van der Waals surface area contributed by atoms with Gasteiger partial charge >= 0.3 is 0 Å². The van der Waals surface area contributed by atoms with Crippen molar-refractivity contribution in [2.45, 2.75) is 18.2 Å². The van der Waals surface area contributed by atoms with Crippen molar-refractivity contribution in [3.63, 3.8) is 0 Å². The van der Waals surface area contributed by atoms with Gasteiger partial charge in [-0.25, -0.2) is 16.8 Å². The van der Waals surface area contributed by atoms with Gasteiger partial charge in [0.05, 0.1) is 23.9 Å². The van der Waals surface area contributed by atoms with Gasteiger partial charge in [-0.05, 0) is 24.6 Å². The number of benzene rings is 1. The Morgan fingerprint density at radius 1 is 1.20 bits per heavy atom. The standard InChI is InChI=1S/C14H21N3O6S2/c1-2-10-24(19,20)16-15-14(18)12-4-3-5-13(11-12)25(21,22)17-6-8-23-9-7-17/h3-5,11,16H,2,6-10H2,1H3,(H,15,18). The molecule has 0 unspecified atom stereocenters. The van der Waals surface area contributed by atoms with E-state index in [9.17, 15) is 21.6 Å². The summed E-state index contributed by atoms with van der Waals surface area (Å²) in [5, 5.41) is 0. The van der Waals surface area contributed by atoms with Crippen LogP contribution in [0.3, 0.4) is 0 Å². The van der Waals surface area contributed by atoms with Gasteiger partial charge in [-0.1, -0.05) is 13.0 Å². The van der Waals surface area contributed by atoms with E-state index in [1.165, 1.54) is 28.6 Å². The van der Waals surface area contributed by atoms with Crippen LogP contribution >= 0.6 is 0 Å². The Morgan fingerprint density at radius 2 is 1.88 bits per heavy atom. The summed E-state index contributed by atoms with van der Waals surface area (Å²) in [4.78, 5) is 14.0. The molecule has 1 aliphatic rings. The Morgan fingerprint density at radius 3 is 2.52 bits per heavy atom. The molecule has 1 fully saturated rings. The van der Waals surface area contributed by atoms with Crippen LogP contribution in [0.25, 0.3) is 0 Å². The monoisotopic (exact) mass is 391 g/mol. The highest BCUT2D eigenvalue weighted by molar-refractivity contribution is 7.89. The third-order valence-electron chi connectivity index (χ3n) is 3.50. The molecule has 0 atom stereocenters. The quantitative estimate of drug-likeness (QED) is 0.615. The first-order chi connectivity index (χ1) is 11.8. The fourth-order valence-corrected chi connectivity index (χ4v) is 4.59. The fraction of sp³-hybridized carbons (Fsp3) is 0.500. The van der Waals surface area contributed by atoms with Crippen LogP contribution < -0.4 is 10.3 Å². The van der Waals surface area contributed by atoms with Gasteiger partial charge in [-0.15, -0.1) is 4.83 Å². The van der Waals surface area contributed by atoms with E-state index in [0.717, 1.165) is 0 Å². The summed E-state index contributed by atoms with van der Waals surface area (Å²) in [6, 6.07) is 5.45. The summed E-state index contributed by atoms with van der Waals surface area (Å²) in [5.41, 5.74) is 2.11. The number of hydrazine groups is 1. The second kappa shape index (κ2) is 8.23. The van der Waals surface area contributed by atoms with Crippen molar-refractivity contribution < 1.29 is 26.4 Å². The molecule has 0 spiro atoms. The van der Waals surface area contributed by atoms with Crippen molar-refractivity contribution in [1.82, 2.24) is 14.6 Å². The van der Waals surface area contributed by atoms with Gasteiger partial charge in [0.25, 0.3) is 5.91 Å². The van der Waals surface area contributed by atoms with Gasteiger partial charge in [0, 0.05) is 18.7 Å². The molecule has 1 amide bonds. The summed E-state index contributed by atoms with van der Waals surface area (Å²) in [6.45, 7) is 2.82. The second-order valence-electron chi connectivity index (χ2n) is 5.42. The van der Waals surface area contributed by atoms with Gasteiger partial charge in [-0.2, -0.15) is 4.31 Å². The van der Waals surface area contributed by atoms with Crippen molar-refractivity contribution in [2.75, 3.05) is 32.1 Å². The van der Waals surface area contributed by atoms with Gasteiger partial charge in [0.1, 0.15) is 0 Å². The molecule has 1 aliphatic heterocycles. The molecule has 0 aliphatic carbocycles. The lowest BCUT2D eigenvalue weighted by Gasteiger charge is -2.26. The van der Waals surface area contributed by atoms with Gasteiger partial charge in [0.2, 0.25) is 20.0 Å². The molecule has 2 rings (SSSR count). The molecule has 1 heterocycles. The lowest BCUT2D eigenvalue weighted by Crippen LogP contribution is -2.43. The number of hydrogen-bond acceptors (Lipinski definition) is 6. The first-order valence-electron chi connectivity index (χ1n) is 7.74. The predicted octanol–water partition coefficient (Wildman–Crippen LogP) is -0.318. The maximum atomic E-state index is 12.6. The van der Waals surface area contributed by atoms with Gasteiger partial charge < -0.3 is 4.74 Å². The largest absolute Gasteiger partial charge is 0.379 e. The highest BCUT2D eigenvalue weighted by Gasteiger charge is 2.27. The summed E-state index contributed by atoms with van der Waals surface area (Å²) in [5.74, 6) is -0.864. The molecule has 0 aromatic heterocycles. The average molecular weight is 391 g/mol. The van der Waals surface area contributed by atoms with E-state index in [2.05, 4.69) is 5.43 Å². The molecule has 0 radical (unpaired) electrons. The minimum Gasteiger partial charge on any atom is -0.379 e. The van der Waals surface area contributed by atoms with E-state index in [0.29, 0.717) is 19.6 Å². The first kappa shape index (κ1) is 19.8. The topological polar surface area (TPSA) is 122 Å². The second-order valence-corrected chi connectivity index (χ2v) is 9.20.